The van der Waals surface area contributed by atoms with Crippen LogP contribution in [0.5, 0.6) is 5.75 Å². The van der Waals surface area contributed by atoms with E-state index in [1.54, 1.807) is 0 Å². The lowest BCUT2D eigenvalue weighted by Crippen LogP contribution is -2.52. The molecule has 0 aliphatic carbocycles. The van der Waals surface area contributed by atoms with Gasteiger partial charge in [0, 0.05) is 0 Å². The number of amides is 2. The van der Waals surface area contributed by atoms with Crippen molar-refractivity contribution in [2.24, 2.45) is 0 Å². The highest BCUT2D eigenvalue weighted by Gasteiger charge is 2.52. The van der Waals surface area contributed by atoms with Crippen LogP contribution in [0.25, 0.3) is 0 Å². The highest BCUT2D eigenvalue weighted by Crippen LogP contribution is 2.47. The van der Waals surface area contributed by atoms with Crippen LogP contribution >= 0.6 is 0 Å². The highest BCUT2D eigenvalue weighted by molar-refractivity contribution is 5.98. The van der Waals surface area contributed by atoms with E-state index in [1.165, 1.54) is 11.0 Å². The summed E-state index contributed by atoms with van der Waals surface area (Å²) in [5.41, 5.74) is -0.718. The Bertz CT molecular complexity index is 807. The third-order valence-corrected chi connectivity index (χ3v) is 4.47. The van der Waals surface area contributed by atoms with Gasteiger partial charge in [0.2, 0.25) is 0 Å². The fourth-order valence-electron chi connectivity index (χ4n) is 3.28. The number of rotatable bonds is 1. The van der Waals surface area contributed by atoms with Gasteiger partial charge >= 0.3 is 12.2 Å². The molecule has 1 N–H and O–H groups in total. The van der Waals surface area contributed by atoms with Crippen LogP contribution in [-0.2, 0) is 11.7 Å². The molecule has 1 atom stereocenters. The van der Waals surface area contributed by atoms with E-state index >= 15 is 0 Å². The molecule has 2 aliphatic heterocycles. The summed E-state index contributed by atoms with van der Waals surface area (Å²) in [6.07, 6.45) is -4.49. The standard InChI is InChI=1S/C17H13F3N2O2/c18-17(19,20)12-6-7-14-13(8-12)22-15(23)21-9-16(22,10-24-14)11-4-2-1-3-5-11/h1-8H,9-10H2,(H,21,23). The number of halogens is 3. The van der Waals surface area contributed by atoms with Crippen LogP contribution in [0.3, 0.4) is 0 Å². The molecule has 0 aromatic heterocycles. The van der Waals surface area contributed by atoms with Crippen molar-refractivity contribution < 1.29 is 22.7 Å². The molecule has 0 spiro atoms. The molecule has 0 radical (unpaired) electrons. The fraction of sp³-hybridized carbons (Fsp3) is 0.235. The Morgan fingerprint density at radius 1 is 1.12 bits per heavy atom. The zero-order valence-corrected chi connectivity index (χ0v) is 12.4. The number of anilines is 1. The van der Waals surface area contributed by atoms with Gasteiger partial charge < -0.3 is 10.1 Å². The minimum atomic E-state index is -4.49. The van der Waals surface area contributed by atoms with Crippen molar-refractivity contribution in [2.75, 3.05) is 18.1 Å². The van der Waals surface area contributed by atoms with Gasteiger partial charge in [-0.2, -0.15) is 13.2 Å². The first-order chi connectivity index (χ1) is 11.4. The van der Waals surface area contributed by atoms with Crippen molar-refractivity contribution in [2.45, 2.75) is 11.7 Å². The molecule has 0 bridgehead atoms. The molecule has 2 heterocycles. The van der Waals surface area contributed by atoms with Crippen LogP contribution in [0.4, 0.5) is 23.7 Å². The minimum Gasteiger partial charge on any atom is -0.488 e. The van der Waals surface area contributed by atoms with E-state index in [9.17, 15) is 18.0 Å². The van der Waals surface area contributed by atoms with Crippen LogP contribution in [0.15, 0.2) is 48.5 Å². The second-order valence-electron chi connectivity index (χ2n) is 5.86. The summed E-state index contributed by atoms with van der Waals surface area (Å²) in [6, 6.07) is 11.9. The maximum atomic E-state index is 13.1. The number of hydrogen-bond acceptors (Lipinski definition) is 2. The second kappa shape index (κ2) is 4.90. The first-order valence-electron chi connectivity index (χ1n) is 7.39. The van der Waals surface area contributed by atoms with Gasteiger partial charge in [0.1, 0.15) is 17.9 Å². The molecular weight excluding hydrogens is 321 g/mol. The molecule has 0 saturated carbocycles. The zero-order chi connectivity index (χ0) is 16.9. The maximum Gasteiger partial charge on any atom is 0.416 e. The van der Waals surface area contributed by atoms with Crippen LogP contribution < -0.4 is 15.0 Å². The summed E-state index contributed by atoms with van der Waals surface area (Å²) in [4.78, 5) is 13.8. The van der Waals surface area contributed by atoms with Crippen molar-refractivity contribution in [3.63, 3.8) is 0 Å². The van der Waals surface area contributed by atoms with E-state index in [0.29, 0.717) is 0 Å². The van der Waals surface area contributed by atoms with Crippen molar-refractivity contribution >= 4 is 11.7 Å². The molecule has 24 heavy (non-hydrogen) atoms. The topological polar surface area (TPSA) is 41.6 Å². The summed E-state index contributed by atoms with van der Waals surface area (Å²) in [7, 11) is 0. The zero-order valence-electron chi connectivity index (χ0n) is 12.4. The number of carbonyl (C=O) groups is 1. The number of alkyl halides is 3. The molecule has 2 aromatic rings. The van der Waals surface area contributed by atoms with E-state index in [1.807, 2.05) is 30.3 Å². The van der Waals surface area contributed by atoms with Crippen molar-refractivity contribution in [1.29, 1.82) is 0 Å². The molecule has 7 heteroatoms. The Labute approximate surface area is 135 Å². The number of nitrogens with one attached hydrogen (secondary N) is 1. The first-order valence-corrected chi connectivity index (χ1v) is 7.39. The molecule has 4 rings (SSSR count). The summed E-state index contributed by atoms with van der Waals surface area (Å²) in [6.45, 7) is 0.444. The minimum absolute atomic E-state index is 0.134. The van der Waals surface area contributed by atoms with E-state index in [0.717, 1.165) is 17.7 Å². The third-order valence-electron chi connectivity index (χ3n) is 4.47. The average molecular weight is 334 g/mol. The maximum absolute atomic E-state index is 13.1. The van der Waals surface area contributed by atoms with Crippen LogP contribution in [0.2, 0.25) is 0 Å². The van der Waals surface area contributed by atoms with Crippen molar-refractivity contribution in [1.82, 2.24) is 5.32 Å². The van der Waals surface area contributed by atoms with Gasteiger partial charge in [-0.1, -0.05) is 30.3 Å². The summed E-state index contributed by atoms with van der Waals surface area (Å²) in [5, 5.41) is 2.73. The highest BCUT2D eigenvalue weighted by atomic mass is 19.4. The normalized spacial score (nSPS) is 22.5. The van der Waals surface area contributed by atoms with Gasteiger partial charge in [0.05, 0.1) is 17.8 Å². The number of urea groups is 1. The Kier molecular flexibility index (Phi) is 3.03. The molecule has 1 saturated heterocycles. The molecular formula is C17H13F3N2O2. The summed E-state index contributed by atoms with van der Waals surface area (Å²) < 4.78 is 44.9. The quantitative estimate of drug-likeness (QED) is 0.867. The van der Waals surface area contributed by atoms with Gasteiger partial charge in [-0.25, -0.2) is 4.79 Å². The lowest BCUT2D eigenvalue weighted by molar-refractivity contribution is -0.137. The Hall–Kier alpha value is -2.70. The van der Waals surface area contributed by atoms with E-state index in [4.69, 9.17) is 4.74 Å². The molecule has 1 unspecified atom stereocenters. The van der Waals surface area contributed by atoms with Crippen molar-refractivity contribution in [3.05, 3.63) is 59.7 Å². The number of nitrogens with zero attached hydrogens (tertiary/aromatic N) is 1. The number of ether oxygens (including phenoxy) is 1. The van der Waals surface area contributed by atoms with E-state index in [-0.39, 0.29) is 24.6 Å². The largest absolute Gasteiger partial charge is 0.488 e. The fourth-order valence-corrected chi connectivity index (χ4v) is 3.28. The summed E-state index contributed by atoms with van der Waals surface area (Å²) in [5.74, 6) is 0.270. The van der Waals surface area contributed by atoms with Gasteiger partial charge in [-0.15, -0.1) is 0 Å². The molecule has 1 fully saturated rings. The number of benzene rings is 2. The average Bonchev–Trinajstić information content (AvgIpc) is 2.93. The Balaban J connectivity index is 1.89. The smallest absolute Gasteiger partial charge is 0.416 e. The van der Waals surface area contributed by atoms with Crippen LogP contribution in [0, 0.1) is 0 Å². The second-order valence-corrected chi connectivity index (χ2v) is 5.86. The monoisotopic (exact) mass is 334 g/mol. The molecule has 4 nitrogen and oxygen atoms in total. The molecule has 124 valence electrons. The number of carbonyl (C=O) groups excluding carboxylic acids is 1. The van der Waals surface area contributed by atoms with E-state index in [2.05, 4.69) is 5.32 Å². The Morgan fingerprint density at radius 2 is 1.88 bits per heavy atom. The van der Waals surface area contributed by atoms with Crippen LogP contribution in [0.1, 0.15) is 11.1 Å². The van der Waals surface area contributed by atoms with Crippen molar-refractivity contribution in [3.8, 4) is 5.75 Å². The van der Waals surface area contributed by atoms with Gasteiger partial charge in [-0.05, 0) is 23.8 Å². The lowest BCUT2D eigenvalue weighted by Gasteiger charge is -2.41. The van der Waals surface area contributed by atoms with Gasteiger partial charge in [0.15, 0.2) is 0 Å². The van der Waals surface area contributed by atoms with Gasteiger partial charge in [0.25, 0.3) is 0 Å². The Morgan fingerprint density at radius 3 is 2.58 bits per heavy atom. The van der Waals surface area contributed by atoms with E-state index < -0.39 is 23.3 Å². The number of hydrogen-bond donors (Lipinski definition) is 1. The molecule has 2 aromatic carbocycles. The third kappa shape index (κ3) is 2.04. The number of fused-ring (bicyclic) bond motifs is 3. The molecule has 2 aliphatic rings. The van der Waals surface area contributed by atoms with Crippen LogP contribution in [-0.4, -0.2) is 19.2 Å². The summed E-state index contributed by atoms with van der Waals surface area (Å²) >= 11 is 0. The predicted octanol–water partition coefficient (Wildman–Crippen LogP) is 3.52. The predicted molar refractivity (Wildman–Crippen MR) is 80.9 cm³/mol. The first kappa shape index (κ1) is 14.9. The molecule has 2 amide bonds. The lowest BCUT2D eigenvalue weighted by atomic mass is 9.88. The SMILES string of the molecule is O=C1NCC2(c3ccccc3)COc3ccc(C(F)(F)F)cc3N12. The van der Waals surface area contributed by atoms with Gasteiger partial charge in [-0.3, -0.25) is 4.90 Å².